The molecule has 162 valence electrons. The molecule has 0 aliphatic carbocycles. The topological polar surface area (TPSA) is 138 Å². The van der Waals surface area contributed by atoms with Gasteiger partial charge in [0, 0.05) is 0 Å². The highest BCUT2D eigenvalue weighted by Gasteiger charge is 2.48. The van der Waals surface area contributed by atoms with E-state index in [2.05, 4.69) is 0 Å². The first-order valence-corrected chi connectivity index (χ1v) is 9.61. The van der Waals surface area contributed by atoms with Crippen molar-refractivity contribution in [1.29, 1.82) is 0 Å². The zero-order valence-corrected chi connectivity index (χ0v) is 15.9. The van der Waals surface area contributed by atoms with Crippen molar-refractivity contribution in [2.45, 2.75) is 42.9 Å². The summed E-state index contributed by atoms with van der Waals surface area (Å²) in [4.78, 5) is 37.6. The van der Waals surface area contributed by atoms with Gasteiger partial charge in [-0.15, -0.1) is 0 Å². The standard InChI is InChI=1S/C18H24O11/c19-15(26-7-11-3-22-11)1-18(29-10-14-6-25-14,17(21)28-9-13-5-24-13)2-16(20)27-8-12-4-23-12/h11-14H,1-10H2. The Kier molecular flexibility index (Phi) is 6.30. The molecule has 0 N–H and O–H groups in total. The van der Waals surface area contributed by atoms with Crippen molar-refractivity contribution in [3.05, 3.63) is 0 Å². The highest BCUT2D eigenvalue weighted by atomic mass is 16.6. The molecule has 0 saturated carbocycles. The first-order valence-electron chi connectivity index (χ1n) is 9.61. The lowest BCUT2D eigenvalue weighted by Crippen LogP contribution is -2.48. The molecule has 0 amide bonds. The molecule has 0 aromatic heterocycles. The minimum absolute atomic E-state index is 0.0137. The average Bonchev–Trinajstić information content (AvgIpc) is 3.57. The number of epoxide rings is 4. The Labute approximate surface area is 166 Å². The van der Waals surface area contributed by atoms with E-state index < -0.39 is 36.4 Å². The summed E-state index contributed by atoms with van der Waals surface area (Å²) in [5.74, 6) is -2.24. The summed E-state index contributed by atoms with van der Waals surface area (Å²) >= 11 is 0. The van der Waals surface area contributed by atoms with Crippen molar-refractivity contribution in [3.8, 4) is 0 Å². The molecular weight excluding hydrogens is 392 g/mol. The van der Waals surface area contributed by atoms with Crippen LogP contribution in [0.25, 0.3) is 0 Å². The fraction of sp³-hybridized carbons (Fsp3) is 0.833. The lowest BCUT2D eigenvalue weighted by atomic mass is 9.95. The first-order chi connectivity index (χ1) is 14.0. The smallest absolute Gasteiger partial charge is 0.339 e. The Morgan fingerprint density at radius 3 is 1.45 bits per heavy atom. The van der Waals surface area contributed by atoms with Crippen molar-refractivity contribution in [1.82, 2.24) is 0 Å². The van der Waals surface area contributed by atoms with Crippen molar-refractivity contribution in [2.75, 3.05) is 52.9 Å². The molecule has 11 heteroatoms. The normalized spacial score (nSPS) is 30.6. The van der Waals surface area contributed by atoms with Gasteiger partial charge in [0.15, 0.2) is 5.60 Å². The monoisotopic (exact) mass is 416 g/mol. The van der Waals surface area contributed by atoms with Crippen molar-refractivity contribution in [2.24, 2.45) is 0 Å². The lowest BCUT2D eigenvalue weighted by molar-refractivity contribution is -0.186. The summed E-state index contributed by atoms with van der Waals surface area (Å²) in [7, 11) is 0. The Morgan fingerprint density at radius 2 is 1.03 bits per heavy atom. The van der Waals surface area contributed by atoms with Gasteiger partial charge in [0.25, 0.3) is 0 Å². The van der Waals surface area contributed by atoms with Crippen molar-refractivity contribution < 1.29 is 52.3 Å². The van der Waals surface area contributed by atoms with Gasteiger partial charge in [0.1, 0.15) is 44.2 Å². The van der Waals surface area contributed by atoms with E-state index in [-0.39, 0.29) is 50.8 Å². The molecule has 4 heterocycles. The van der Waals surface area contributed by atoms with Crippen LogP contribution < -0.4 is 0 Å². The summed E-state index contributed by atoms with van der Waals surface area (Å²) in [6.45, 7) is 2.22. The minimum atomic E-state index is -1.87. The van der Waals surface area contributed by atoms with E-state index in [0.717, 1.165) is 0 Å². The lowest BCUT2D eigenvalue weighted by Gasteiger charge is -2.29. The summed E-state index contributed by atoms with van der Waals surface area (Å²) < 4.78 is 41.5. The second-order valence-corrected chi connectivity index (χ2v) is 7.44. The number of hydrogen-bond donors (Lipinski definition) is 0. The van der Waals surface area contributed by atoms with Gasteiger partial charge < -0.3 is 37.9 Å². The maximum absolute atomic E-state index is 12.9. The van der Waals surface area contributed by atoms with Gasteiger partial charge in [-0.3, -0.25) is 9.59 Å². The minimum Gasteiger partial charge on any atom is -0.463 e. The molecule has 0 bridgehead atoms. The van der Waals surface area contributed by atoms with E-state index >= 15 is 0 Å². The van der Waals surface area contributed by atoms with E-state index in [4.69, 9.17) is 37.9 Å². The van der Waals surface area contributed by atoms with Crippen LogP contribution in [0, 0.1) is 0 Å². The number of carbonyl (C=O) groups is 3. The van der Waals surface area contributed by atoms with Gasteiger partial charge in [-0.25, -0.2) is 4.79 Å². The predicted molar refractivity (Wildman–Crippen MR) is 89.8 cm³/mol. The molecular formula is C18H24O11. The third-order valence-electron chi connectivity index (χ3n) is 4.65. The van der Waals surface area contributed by atoms with E-state index in [1.54, 1.807) is 0 Å². The van der Waals surface area contributed by atoms with Gasteiger partial charge in [-0.2, -0.15) is 0 Å². The van der Waals surface area contributed by atoms with Gasteiger partial charge in [-0.05, 0) is 0 Å². The highest BCUT2D eigenvalue weighted by Crippen LogP contribution is 2.28. The number of esters is 3. The number of hydrogen-bond acceptors (Lipinski definition) is 11. The Bertz CT molecular complexity index is 589. The summed E-state index contributed by atoms with van der Waals surface area (Å²) in [5, 5.41) is 0. The quantitative estimate of drug-likeness (QED) is 0.191. The molecule has 11 nitrogen and oxygen atoms in total. The van der Waals surface area contributed by atoms with Crippen LogP contribution in [0.5, 0.6) is 0 Å². The second-order valence-electron chi connectivity index (χ2n) is 7.44. The summed E-state index contributed by atoms with van der Waals surface area (Å²) in [5.41, 5.74) is -1.87. The molecule has 4 unspecified atom stereocenters. The van der Waals surface area contributed by atoms with Gasteiger partial charge in [0.2, 0.25) is 0 Å². The molecule has 0 radical (unpaired) electrons. The van der Waals surface area contributed by atoms with E-state index in [1.807, 2.05) is 0 Å². The van der Waals surface area contributed by atoms with Crippen LogP contribution in [0.3, 0.4) is 0 Å². The third-order valence-corrected chi connectivity index (χ3v) is 4.65. The molecule has 0 aromatic rings. The summed E-state index contributed by atoms with van der Waals surface area (Å²) in [6, 6.07) is 0. The molecule has 29 heavy (non-hydrogen) atoms. The number of ether oxygens (including phenoxy) is 8. The van der Waals surface area contributed by atoms with E-state index in [9.17, 15) is 14.4 Å². The van der Waals surface area contributed by atoms with Crippen LogP contribution in [-0.2, 0) is 52.3 Å². The van der Waals surface area contributed by atoms with Gasteiger partial charge in [0.05, 0.1) is 45.9 Å². The zero-order chi connectivity index (χ0) is 20.3. The molecule has 4 fully saturated rings. The molecule has 4 atom stereocenters. The van der Waals surface area contributed by atoms with Crippen LogP contribution in [0.2, 0.25) is 0 Å². The number of carbonyl (C=O) groups excluding carboxylic acids is 3. The fourth-order valence-corrected chi connectivity index (χ4v) is 2.52. The SMILES string of the molecule is O=C(CC(CC(=O)OCC1CO1)(OCC1CO1)C(=O)OCC1CO1)OCC1CO1. The molecule has 0 aromatic carbocycles. The molecule has 4 aliphatic heterocycles. The third kappa shape index (κ3) is 6.89. The maximum Gasteiger partial charge on any atom is 0.339 e. The van der Waals surface area contributed by atoms with Crippen LogP contribution in [0.15, 0.2) is 0 Å². The second kappa shape index (κ2) is 8.92. The largest absolute Gasteiger partial charge is 0.463 e. The van der Waals surface area contributed by atoms with Crippen LogP contribution in [-0.4, -0.2) is 101 Å². The maximum atomic E-state index is 12.9. The Morgan fingerprint density at radius 1 is 0.655 bits per heavy atom. The van der Waals surface area contributed by atoms with Crippen LogP contribution >= 0.6 is 0 Å². The van der Waals surface area contributed by atoms with Gasteiger partial charge >= 0.3 is 17.9 Å². The summed E-state index contributed by atoms with van der Waals surface area (Å²) in [6.07, 6.45) is -1.62. The van der Waals surface area contributed by atoms with Crippen molar-refractivity contribution >= 4 is 17.9 Å². The van der Waals surface area contributed by atoms with E-state index in [1.165, 1.54) is 0 Å². The molecule has 4 rings (SSSR count). The molecule has 4 aliphatic rings. The number of rotatable bonds is 14. The average molecular weight is 416 g/mol. The van der Waals surface area contributed by atoms with E-state index in [0.29, 0.717) is 26.4 Å². The first kappa shape index (κ1) is 20.5. The Hall–Kier alpha value is -1.79. The highest BCUT2D eigenvalue weighted by molar-refractivity contribution is 5.90. The molecule has 0 spiro atoms. The van der Waals surface area contributed by atoms with Crippen LogP contribution in [0.1, 0.15) is 12.8 Å². The predicted octanol–water partition coefficient (Wildman–Crippen LogP) is -1.25. The van der Waals surface area contributed by atoms with Crippen molar-refractivity contribution in [3.63, 3.8) is 0 Å². The zero-order valence-electron chi connectivity index (χ0n) is 15.9. The Balaban J connectivity index is 1.41. The molecule has 4 saturated heterocycles. The fourth-order valence-electron chi connectivity index (χ4n) is 2.52. The van der Waals surface area contributed by atoms with Crippen LogP contribution in [0.4, 0.5) is 0 Å². The van der Waals surface area contributed by atoms with Gasteiger partial charge in [-0.1, -0.05) is 0 Å².